The third kappa shape index (κ3) is 3.51. The molecule has 2 heteroatoms. The van der Waals surface area contributed by atoms with Crippen molar-refractivity contribution in [2.75, 3.05) is 19.3 Å². The van der Waals surface area contributed by atoms with Crippen LogP contribution in [0.3, 0.4) is 0 Å². The van der Waals surface area contributed by atoms with Crippen LogP contribution in [0.2, 0.25) is 0 Å². The number of hydrogen-bond acceptors (Lipinski definition) is 2. The van der Waals surface area contributed by atoms with Gasteiger partial charge < -0.3 is 5.32 Å². The van der Waals surface area contributed by atoms with Crippen molar-refractivity contribution in [3.8, 4) is 0 Å². The fraction of sp³-hybridized carbons (Fsp3) is 1.00. The molecule has 1 nitrogen and oxygen atoms in total. The minimum Gasteiger partial charge on any atom is -0.315 e. The Balaban J connectivity index is 2.19. The molecule has 0 bridgehead atoms. The maximum Gasteiger partial charge on any atom is 0.0276 e. The third-order valence-corrected chi connectivity index (χ3v) is 4.89. The van der Waals surface area contributed by atoms with E-state index in [4.69, 9.17) is 0 Å². The molecule has 0 aliphatic heterocycles. The first-order chi connectivity index (χ1) is 6.26. The largest absolute Gasteiger partial charge is 0.315 e. The van der Waals surface area contributed by atoms with Crippen molar-refractivity contribution >= 4 is 11.8 Å². The average Bonchev–Trinajstić information content (AvgIpc) is 2.97. The van der Waals surface area contributed by atoms with Crippen LogP contribution in [-0.4, -0.2) is 24.1 Å². The summed E-state index contributed by atoms with van der Waals surface area (Å²) in [7, 11) is 0. The van der Waals surface area contributed by atoms with Crippen LogP contribution in [0.5, 0.6) is 0 Å². The standard InChI is InChI=1S/C11H23NS/c1-4-11(5-2,13-3)9-12-8-10-6-7-10/h10,12H,4-9H2,1-3H3. The van der Waals surface area contributed by atoms with Gasteiger partial charge in [0, 0.05) is 11.3 Å². The van der Waals surface area contributed by atoms with Crippen LogP contribution in [0, 0.1) is 5.92 Å². The molecule has 0 amide bonds. The molecule has 0 unspecified atom stereocenters. The molecule has 1 fully saturated rings. The molecular weight excluding hydrogens is 178 g/mol. The predicted molar refractivity (Wildman–Crippen MR) is 62.4 cm³/mol. The van der Waals surface area contributed by atoms with Gasteiger partial charge in [0.05, 0.1) is 0 Å². The Morgan fingerprint density at radius 3 is 2.31 bits per heavy atom. The fourth-order valence-electron chi connectivity index (χ4n) is 1.69. The quantitative estimate of drug-likeness (QED) is 0.680. The number of rotatable bonds is 7. The number of hydrogen-bond donors (Lipinski definition) is 1. The van der Waals surface area contributed by atoms with Gasteiger partial charge in [-0.05, 0) is 44.4 Å². The van der Waals surface area contributed by atoms with E-state index in [0.717, 1.165) is 5.92 Å². The van der Waals surface area contributed by atoms with E-state index in [2.05, 4.69) is 25.4 Å². The van der Waals surface area contributed by atoms with E-state index in [1.165, 1.54) is 38.8 Å². The van der Waals surface area contributed by atoms with E-state index < -0.39 is 0 Å². The van der Waals surface area contributed by atoms with Gasteiger partial charge in [0.2, 0.25) is 0 Å². The second kappa shape index (κ2) is 5.26. The monoisotopic (exact) mass is 201 g/mol. The highest BCUT2D eigenvalue weighted by Gasteiger charge is 2.26. The molecule has 0 aromatic carbocycles. The second-order valence-corrected chi connectivity index (χ2v) is 5.44. The minimum absolute atomic E-state index is 0.495. The van der Waals surface area contributed by atoms with Crippen LogP contribution in [0.15, 0.2) is 0 Å². The highest BCUT2D eigenvalue weighted by molar-refractivity contribution is 8.00. The summed E-state index contributed by atoms with van der Waals surface area (Å²) in [6.07, 6.45) is 7.71. The molecule has 1 N–H and O–H groups in total. The normalized spacial score (nSPS) is 17.8. The average molecular weight is 201 g/mol. The molecule has 0 saturated heterocycles. The van der Waals surface area contributed by atoms with Crippen molar-refractivity contribution in [1.29, 1.82) is 0 Å². The third-order valence-electron chi connectivity index (χ3n) is 3.30. The summed E-state index contributed by atoms with van der Waals surface area (Å²) in [6.45, 7) is 7.05. The summed E-state index contributed by atoms with van der Waals surface area (Å²) in [6, 6.07) is 0. The van der Waals surface area contributed by atoms with E-state index in [9.17, 15) is 0 Å². The van der Waals surface area contributed by atoms with E-state index in [0.29, 0.717) is 4.75 Å². The molecule has 0 heterocycles. The van der Waals surface area contributed by atoms with E-state index in [1.54, 1.807) is 0 Å². The van der Waals surface area contributed by atoms with Gasteiger partial charge in [-0.2, -0.15) is 11.8 Å². The Bertz CT molecular complexity index is 131. The molecule has 0 aromatic rings. The smallest absolute Gasteiger partial charge is 0.0276 e. The highest BCUT2D eigenvalue weighted by Crippen LogP contribution is 2.31. The van der Waals surface area contributed by atoms with Crippen molar-refractivity contribution in [2.45, 2.75) is 44.3 Å². The molecule has 1 aliphatic carbocycles. The molecule has 0 atom stereocenters. The second-order valence-electron chi connectivity index (χ2n) is 4.17. The zero-order chi connectivity index (χ0) is 9.73. The lowest BCUT2D eigenvalue weighted by Crippen LogP contribution is -2.37. The molecule has 13 heavy (non-hydrogen) atoms. The van der Waals surface area contributed by atoms with Crippen LogP contribution in [0.4, 0.5) is 0 Å². The number of thioether (sulfide) groups is 1. The van der Waals surface area contributed by atoms with E-state index >= 15 is 0 Å². The van der Waals surface area contributed by atoms with E-state index in [1.807, 2.05) is 11.8 Å². The Morgan fingerprint density at radius 2 is 1.92 bits per heavy atom. The lowest BCUT2D eigenvalue weighted by Gasteiger charge is -2.30. The van der Waals surface area contributed by atoms with Crippen molar-refractivity contribution in [3.63, 3.8) is 0 Å². The van der Waals surface area contributed by atoms with Crippen LogP contribution >= 0.6 is 11.8 Å². The fourth-order valence-corrected chi connectivity index (χ4v) is 2.51. The van der Waals surface area contributed by atoms with Gasteiger partial charge in [-0.3, -0.25) is 0 Å². The number of nitrogens with one attached hydrogen (secondary N) is 1. The SMILES string of the molecule is CCC(CC)(CNCC1CC1)SC. The predicted octanol–water partition coefficient (Wildman–Crippen LogP) is 2.91. The topological polar surface area (TPSA) is 12.0 Å². The summed E-state index contributed by atoms with van der Waals surface area (Å²) < 4.78 is 0.495. The molecule has 0 spiro atoms. The molecule has 0 aromatic heterocycles. The Kier molecular flexibility index (Phi) is 4.60. The van der Waals surface area contributed by atoms with Crippen LogP contribution < -0.4 is 5.32 Å². The first kappa shape index (κ1) is 11.4. The zero-order valence-electron chi connectivity index (χ0n) is 9.23. The Hall–Kier alpha value is 0.310. The lowest BCUT2D eigenvalue weighted by atomic mass is 10.0. The summed E-state index contributed by atoms with van der Waals surface area (Å²) >= 11 is 2.03. The maximum absolute atomic E-state index is 3.62. The lowest BCUT2D eigenvalue weighted by molar-refractivity contribution is 0.487. The Labute approximate surface area is 87.1 Å². The van der Waals surface area contributed by atoms with E-state index in [-0.39, 0.29) is 0 Å². The van der Waals surface area contributed by atoms with Gasteiger partial charge in [-0.1, -0.05) is 13.8 Å². The summed E-state index contributed by atoms with van der Waals surface area (Å²) in [5.74, 6) is 1.01. The van der Waals surface area contributed by atoms with Gasteiger partial charge >= 0.3 is 0 Å². The first-order valence-electron chi connectivity index (χ1n) is 5.52. The van der Waals surface area contributed by atoms with Gasteiger partial charge in [-0.15, -0.1) is 0 Å². The molecule has 78 valence electrons. The van der Waals surface area contributed by atoms with Gasteiger partial charge in [-0.25, -0.2) is 0 Å². The van der Waals surface area contributed by atoms with Crippen molar-refractivity contribution in [1.82, 2.24) is 5.32 Å². The van der Waals surface area contributed by atoms with Crippen molar-refractivity contribution < 1.29 is 0 Å². The minimum atomic E-state index is 0.495. The first-order valence-corrected chi connectivity index (χ1v) is 6.74. The van der Waals surface area contributed by atoms with Crippen LogP contribution in [0.25, 0.3) is 0 Å². The van der Waals surface area contributed by atoms with Crippen molar-refractivity contribution in [2.24, 2.45) is 5.92 Å². The van der Waals surface area contributed by atoms with Gasteiger partial charge in [0.25, 0.3) is 0 Å². The molecule has 0 radical (unpaired) electrons. The molecule has 1 aliphatic rings. The molecule has 1 rings (SSSR count). The van der Waals surface area contributed by atoms with Gasteiger partial charge in [0.1, 0.15) is 0 Å². The zero-order valence-corrected chi connectivity index (χ0v) is 10.0. The van der Waals surface area contributed by atoms with Crippen molar-refractivity contribution in [3.05, 3.63) is 0 Å². The summed E-state index contributed by atoms with van der Waals surface area (Å²) in [5.41, 5.74) is 0. The maximum atomic E-state index is 3.62. The molecule has 1 saturated carbocycles. The Morgan fingerprint density at radius 1 is 1.31 bits per heavy atom. The summed E-state index contributed by atoms with van der Waals surface area (Å²) in [4.78, 5) is 0. The summed E-state index contributed by atoms with van der Waals surface area (Å²) in [5, 5.41) is 3.62. The highest BCUT2D eigenvalue weighted by atomic mass is 32.2. The van der Waals surface area contributed by atoms with Crippen LogP contribution in [0.1, 0.15) is 39.5 Å². The van der Waals surface area contributed by atoms with Crippen LogP contribution in [-0.2, 0) is 0 Å². The van der Waals surface area contributed by atoms with Gasteiger partial charge in [0.15, 0.2) is 0 Å². The molecular formula is C11H23NS.